The first kappa shape index (κ1) is 42.4. The number of aliphatic carboxylic acids is 1. The third kappa shape index (κ3) is 12.9. The van der Waals surface area contributed by atoms with E-state index in [0.29, 0.717) is 17.7 Å². The molecule has 1 saturated heterocycles. The van der Waals surface area contributed by atoms with E-state index in [2.05, 4.69) is 38.9 Å². The molecular formula is C38H54N7O7S2+. The Morgan fingerprint density at radius 2 is 1.70 bits per heavy atom. The first-order valence-electron chi connectivity index (χ1n) is 19.0. The van der Waals surface area contributed by atoms with Gasteiger partial charge < -0.3 is 25.7 Å². The third-order valence-electron chi connectivity index (χ3n) is 9.07. The van der Waals surface area contributed by atoms with Crippen molar-refractivity contribution in [3.8, 4) is 0 Å². The second kappa shape index (κ2) is 22.8. The van der Waals surface area contributed by atoms with E-state index in [1.54, 1.807) is 19.3 Å². The molecule has 0 aromatic carbocycles. The highest BCUT2D eigenvalue weighted by atomic mass is 32.2. The van der Waals surface area contributed by atoms with Crippen LogP contribution < -0.4 is 15.6 Å². The Bertz CT molecular complexity index is 1640. The van der Waals surface area contributed by atoms with Gasteiger partial charge in [0.2, 0.25) is 11.5 Å². The molecule has 0 radical (unpaired) electrons. The maximum absolute atomic E-state index is 13.2. The number of unbranched alkanes of at least 4 members (excludes halogenated alkanes) is 11. The Morgan fingerprint density at radius 1 is 1.04 bits per heavy atom. The number of hydrogen-bond donors (Lipinski definition) is 3. The highest BCUT2D eigenvalue weighted by molar-refractivity contribution is 8.00. The number of carbonyl (C=O) groups excluding carboxylic acids is 3. The molecule has 4 rings (SSSR count). The summed E-state index contributed by atoms with van der Waals surface area (Å²) in [7, 11) is 0. The van der Waals surface area contributed by atoms with E-state index in [4.69, 9.17) is 15.3 Å². The van der Waals surface area contributed by atoms with Gasteiger partial charge in [0, 0.05) is 47.0 Å². The third-order valence-corrected chi connectivity index (χ3v) is 10.9. The number of anilines is 1. The van der Waals surface area contributed by atoms with Crippen molar-refractivity contribution in [1.82, 2.24) is 19.6 Å². The molecule has 0 bridgehead atoms. The summed E-state index contributed by atoms with van der Waals surface area (Å²) in [5.74, 6) is -2.45. The number of nitrogens with two attached hydrogens (primary N) is 1. The van der Waals surface area contributed by atoms with Gasteiger partial charge >= 0.3 is 11.9 Å². The standard InChI is InChI=1S/C38H53N7O7S2/c1-3-5-6-7-8-9-10-11-12-13-14-15-16-17-18-19-29(46)51-25-27-20-22-44(23-21-27)24-28-26-53-36-31(35(48)45(36)32(28)37(49)50)40-34(47)30(42-52-4-2)33-41-38(39)54-43-33/h11-12,20-23,31,36H,3-10,13-19,24-26H2,1-2H3,(H3-,39,40,41,43,47,49,50)/p+1/t31?,36-/m0/s1. The average molecular weight is 785 g/mol. The number of rotatable bonds is 25. The maximum Gasteiger partial charge on any atom is 0.352 e. The van der Waals surface area contributed by atoms with E-state index >= 15 is 0 Å². The number of esters is 1. The van der Waals surface area contributed by atoms with Crippen molar-refractivity contribution < 1.29 is 38.4 Å². The molecule has 0 spiro atoms. The number of carbonyl (C=O) groups is 4. The normalized spacial score (nSPS) is 17.0. The quantitative estimate of drug-likeness (QED) is 0.0214. The number of fused-ring (bicyclic) bond motifs is 1. The zero-order valence-corrected chi connectivity index (χ0v) is 33.0. The summed E-state index contributed by atoms with van der Waals surface area (Å²) in [6.45, 7) is 4.52. The molecule has 2 aliphatic rings. The van der Waals surface area contributed by atoms with Crippen LogP contribution in [-0.2, 0) is 41.9 Å². The largest absolute Gasteiger partial charge is 0.477 e. The molecule has 16 heteroatoms. The van der Waals surface area contributed by atoms with Crippen molar-refractivity contribution in [3.05, 3.63) is 59.3 Å². The fourth-order valence-electron chi connectivity index (χ4n) is 6.15. The average Bonchev–Trinajstić information content (AvgIpc) is 3.60. The van der Waals surface area contributed by atoms with Gasteiger partial charge in [0.1, 0.15) is 30.3 Å². The highest BCUT2D eigenvalue weighted by Gasteiger charge is 2.55. The molecule has 2 aromatic heterocycles. The predicted molar refractivity (Wildman–Crippen MR) is 208 cm³/mol. The molecular weight excluding hydrogens is 731 g/mol. The SMILES string of the molecule is CCCCCCCCC=CCCCCCCCC(=O)OCc1cc[n+](CC2=C(C(=O)O)N3C(=O)C(NC(=O)C(=NOCC)c4nsc(N)n4)[C@@H]3SC2)cc1. The van der Waals surface area contributed by atoms with Crippen LogP contribution in [0.25, 0.3) is 0 Å². The summed E-state index contributed by atoms with van der Waals surface area (Å²) in [6, 6.07) is 2.66. The van der Waals surface area contributed by atoms with Gasteiger partial charge in [-0.3, -0.25) is 19.3 Å². The summed E-state index contributed by atoms with van der Waals surface area (Å²) in [6.07, 6.45) is 24.3. The predicted octanol–water partition coefficient (Wildman–Crippen LogP) is 5.67. The van der Waals surface area contributed by atoms with Gasteiger partial charge in [-0.15, -0.1) is 11.8 Å². The number of ether oxygens (including phenoxy) is 1. The number of β-lactam (4-membered cyclic amide) rings is 1. The molecule has 2 atom stereocenters. The van der Waals surface area contributed by atoms with Crippen LogP contribution in [0.5, 0.6) is 0 Å². The Balaban J connectivity index is 1.16. The van der Waals surface area contributed by atoms with E-state index in [9.17, 15) is 24.3 Å². The minimum Gasteiger partial charge on any atom is -0.477 e. The Kier molecular flexibility index (Phi) is 17.9. The number of hydrogen-bond acceptors (Lipinski definition) is 12. The fraction of sp³-hybridized carbons (Fsp3) is 0.579. The number of carboxylic acids is 1. The number of carboxylic acid groups (broad SMARTS) is 1. The maximum atomic E-state index is 13.2. The lowest BCUT2D eigenvalue weighted by molar-refractivity contribution is -0.689. The topological polar surface area (TPSA) is 190 Å². The second-order valence-electron chi connectivity index (χ2n) is 13.3. The monoisotopic (exact) mass is 784 g/mol. The van der Waals surface area contributed by atoms with Gasteiger partial charge in [-0.2, -0.15) is 9.36 Å². The van der Waals surface area contributed by atoms with E-state index < -0.39 is 29.2 Å². The van der Waals surface area contributed by atoms with Crippen LogP contribution in [0, 0.1) is 0 Å². The van der Waals surface area contributed by atoms with E-state index in [1.165, 1.54) is 74.4 Å². The van der Waals surface area contributed by atoms with Crippen LogP contribution in [0.2, 0.25) is 0 Å². The molecule has 4 heterocycles. The molecule has 14 nitrogen and oxygen atoms in total. The number of pyridine rings is 1. The van der Waals surface area contributed by atoms with Gasteiger partial charge in [-0.05, 0) is 39.0 Å². The van der Waals surface area contributed by atoms with Gasteiger partial charge in [-0.25, -0.2) is 9.36 Å². The first-order chi connectivity index (χ1) is 26.2. The van der Waals surface area contributed by atoms with Gasteiger partial charge in [0.15, 0.2) is 24.1 Å². The molecule has 2 aliphatic heterocycles. The number of oxime groups is 1. The van der Waals surface area contributed by atoms with Gasteiger partial charge in [0.05, 0.1) is 0 Å². The van der Waals surface area contributed by atoms with Gasteiger partial charge in [-0.1, -0.05) is 75.6 Å². The number of nitrogen functional groups attached to an aromatic ring is 1. The van der Waals surface area contributed by atoms with Crippen LogP contribution in [0.1, 0.15) is 115 Å². The molecule has 1 unspecified atom stereocenters. The van der Waals surface area contributed by atoms with Crippen LogP contribution in [0.15, 0.2) is 53.1 Å². The molecule has 54 heavy (non-hydrogen) atoms. The number of allylic oxidation sites excluding steroid dienone is 2. The van der Waals surface area contributed by atoms with Crippen molar-refractivity contribution in [2.75, 3.05) is 18.1 Å². The fourth-order valence-corrected chi connectivity index (χ4v) is 7.91. The number of thioether (sulfide) groups is 1. The van der Waals surface area contributed by atoms with E-state index in [0.717, 1.165) is 42.8 Å². The lowest BCUT2D eigenvalue weighted by Gasteiger charge is -2.49. The molecule has 4 N–H and O–H groups in total. The van der Waals surface area contributed by atoms with E-state index in [1.807, 2.05) is 16.7 Å². The second-order valence-corrected chi connectivity index (χ2v) is 15.2. The van der Waals surface area contributed by atoms with E-state index in [-0.39, 0.29) is 48.1 Å². The molecule has 1 fully saturated rings. The van der Waals surface area contributed by atoms with Crippen LogP contribution in [-0.4, -0.2) is 72.6 Å². The minimum atomic E-state index is -1.23. The number of nitrogens with zero attached hydrogens (tertiary/aromatic N) is 5. The van der Waals surface area contributed by atoms with Crippen molar-refractivity contribution in [3.63, 3.8) is 0 Å². The number of aromatic nitrogens is 3. The minimum absolute atomic E-state index is 0.0354. The van der Waals surface area contributed by atoms with Crippen molar-refractivity contribution in [2.24, 2.45) is 5.16 Å². The van der Waals surface area contributed by atoms with Gasteiger partial charge in [0.25, 0.3) is 11.8 Å². The molecule has 2 amide bonds. The number of amides is 2. The summed E-state index contributed by atoms with van der Waals surface area (Å²) < 4.78 is 11.3. The first-order valence-corrected chi connectivity index (χ1v) is 20.8. The van der Waals surface area contributed by atoms with Crippen LogP contribution in [0.4, 0.5) is 5.13 Å². The molecule has 0 saturated carbocycles. The lowest BCUT2D eigenvalue weighted by atomic mass is 10.0. The van der Waals surface area contributed by atoms with Crippen molar-refractivity contribution >= 4 is 57.9 Å². The molecule has 294 valence electrons. The van der Waals surface area contributed by atoms with Crippen LogP contribution >= 0.6 is 23.3 Å². The summed E-state index contributed by atoms with van der Waals surface area (Å²) in [5.41, 5.74) is 6.68. The zero-order chi connectivity index (χ0) is 38.7. The van der Waals surface area contributed by atoms with Crippen molar-refractivity contribution in [2.45, 2.75) is 128 Å². The number of nitrogens with one attached hydrogen (secondary N) is 1. The smallest absolute Gasteiger partial charge is 0.352 e. The lowest BCUT2D eigenvalue weighted by Crippen LogP contribution is -2.71. The van der Waals surface area contributed by atoms with Crippen molar-refractivity contribution in [1.29, 1.82) is 0 Å². The highest BCUT2D eigenvalue weighted by Crippen LogP contribution is 2.40. The van der Waals surface area contributed by atoms with Crippen LogP contribution in [0.3, 0.4) is 0 Å². The zero-order valence-electron chi connectivity index (χ0n) is 31.4. The Morgan fingerprint density at radius 3 is 2.33 bits per heavy atom. The molecule has 0 aliphatic carbocycles. The molecule has 2 aromatic rings. The summed E-state index contributed by atoms with van der Waals surface area (Å²) in [4.78, 5) is 61.2. The summed E-state index contributed by atoms with van der Waals surface area (Å²) >= 11 is 2.24. The Labute approximate surface area is 325 Å². The Hall–Kier alpha value is -4.31. The summed E-state index contributed by atoms with van der Waals surface area (Å²) in [5, 5.41) is 16.1.